The number of hydrogen-bond acceptors (Lipinski definition) is 4. The molecule has 26 heavy (non-hydrogen) atoms. The van der Waals surface area contributed by atoms with Gasteiger partial charge in [-0.15, -0.1) is 0 Å². The van der Waals surface area contributed by atoms with Crippen LogP contribution >= 0.6 is 0 Å². The van der Waals surface area contributed by atoms with Crippen LogP contribution in [-0.2, 0) is 6.42 Å². The highest BCUT2D eigenvalue weighted by Crippen LogP contribution is 2.27. The minimum absolute atomic E-state index is 0.00894. The lowest BCUT2D eigenvalue weighted by Gasteiger charge is -2.22. The largest absolute Gasteiger partial charge is 0.339 e. The first kappa shape index (κ1) is 18.0. The number of fused-ring (bicyclic) bond motifs is 1. The van der Waals surface area contributed by atoms with Crippen LogP contribution in [0, 0.1) is 6.92 Å². The molecule has 0 bridgehead atoms. The number of hydrogen-bond donors (Lipinski definition) is 0. The lowest BCUT2D eigenvalue weighted by Crippen LogP contribution is -2.33. The molecule has 1 aromatic carbocycles. The number of nitrogens with zero attached hydrogens (tertiary/aromatic N) is 4. The fourth-order valence-corrected chi connectivity index (χ4v) is 2.81. The number of carbonyl (C=O) groups is 1. The van der Waals surface area contributed by atoms with Crippen LogP contribution in [0.15, 0.2) is 36.7 Å². The zero-order chi connectivity index (χ0) is 18.8. The van der Waals surface area contributed by atoms with Crippen molar-refractivity contribution < 1.29 is 4.79 Å². The fourth-order valence-electron chi connectivity index (χ4n) is 2.81. The Morgan fingerprint density at radius 1 is 1.19 bits per heavy atom. The van der Waals surface area contributed by atoms with E-state index in [9.17, 15) is 4.79 Å². The summed E-state index contributed by atoms with van der Waals surface area (Å²) in [4.78, 5) is 28.3. The highest BCUT2D eigenvalue weighted by Gasteiger charge is 2.20. The first-order valence-corrected chi connectivity index (χ1v) is 8.91. The third-order valence-corrected chi connectivity index (χ3v) is 4.68. The molecule has 3 aromatic rings. The van der Waals surface area contributed by atoms with E-state index in [1.54, 1.807) is 17.3 Å². The summed E-state index contributed by atoms with van der Waals surface area (Å²) in [5, 5.41) is 0.873. The van der Waals surface area contributed by atoms with Crippen LogP contribution in [0.25, 0.3) is 22.2 Å². The van der Waals surface area contributed by atoms with Crippen molar-refractivity contribution in [2.45, 2.75) is 40.2 Å². The number of carbonyl (C=O) groups excluding carboxylic acids is 1. The monoisotopic (exact) mass is 348 g/mol. The summed E-state index contributed by atoms with van der Waals surface area (Å²) in [5.74, 6) is 0.784. The number of pyridine rings is 1. The molecule has 2 heterocycles. The highest BCUT2D eigenvalue weighted by atomic mass is 16.2. The average Bonchev–Trinajstić information content (AvgIpc) is 2.66. The fraction of sp³-hybridized carbons (Fsp3) is 0.333. The van der Waals surface area contributed by atoms with Gasteiger partial charge in [-0.05, 0) is 32.4 Å². The second-order valence-electron chi connectivity index (χ2n) is 6.78. The van der Waals surface area contributed by atoms with Gasteiger partial charge in [-0.1, -0.05) is 25.1 Å². The van der Waals surface area contributed by atoms with Crippen molar-refractivity contribution in [3.8, 4) is 11.3 Å². The molecule has 0 saturated carbocycles. The summed E-state index contributed by atoms with van der Waals surface area (Å²) in [6, 6.07) is 7.90. The summed E-state index contributed by atoms with van der Waals surface area (Å²) in [6.07, 6.45) is 4.34. The number of aryl methyl sites for hydroxylation is 2. The van der Waals surface area contributed by atoms with Gasteiger partial charge in [-0.2, -0.15) is 0 Å². The molecular weight excluding hydrogens is 324 g/mol. The second-order valence-corrected chi connectivity index (χ2v) is 6.78. The van der Waals surface area contributed by atoms with Crippen LogP contribution in [0.3, 0.4) is 0 Å². The molecule has 0 radical (unpaired) electrons. The Morgan fingerprint density at radius 2 is 1.88 bits per heavy atom. The van der Waals surface area contributed by atoms with Crippen molar-refractivity contribution in [3.63, 3.8) is 0 Å². The van der Waals surface area contributed by atoms with Crippen molar-refractivity contribution in [1.29, 1.82) is 0 Å². The lowest BCUT2D eigenvalue weighted by molar-refractivity contribution is 0.0757. The average molecular weight is 348 g/mol. The lowest BCUT2D eigenvalue weighted by atomic mass is 10.0. The molecule has 2 aromatic heterocycles. The van der Waals surface area contributed by atoms with Gasteiger partial charge < -0.3 is 4.90 Å². The number of benzene rings is 1. The van der Waals surface area contributed by atoms with Gasteiger partial charge in [-0.3, -0.25) is 4.79 Å². The molecule has 0 aliphatic rings. The summed E-state index contributed by atoms with van der Waals surface area (Å²) in [5.41, 5.74) is 4.06. The molecule has 0 fully saturated rings. The zero-order valence-electron chi connectivity index (χ0n) is 15.9. The Balaban J connectivity index is 2.22. The molecule has 0 N–H and O–H groups in total. The van der Waals surface area contributed by atoms with E-state index < -0.39 is 0 Å². The van der Waals surface area contributed by atoms with Gasteiger partial charge in [0, 0.05) is 42.9 Å². The number of aromatic nitrogens is 3. The molecule has 0 saturated heterocycles. The third kappa shape index (κ3) is 3.29. The second kappa shape index (κ2) is 7.20. The van der Waals surface area contributed by atoms with E-state index in [0.29, 0.717) is 5.56 Å². The van der Waals surface area contributed by atoms with E-state index in [1.165, 1.54) is 0 Å². The van der Waals surface area contributed by atoms with Crippen LogP contribution in [0.1, 0.15) is 42.5 Å². The number of rotatable bonds is 4. The maximum absolute atomic E-state index is 13.1. The van der Waals surface area contributed by atoms with Gasteiger partial charge >= 0.3 is 0 Å². The van der Waals surface area contributed by atoms with Crippen molar-refractivity contribution in [2.24, 2.45) is 0 Å². The normalized spacial score (nSPS) is 11.2. The molecule has 3 rings (SSSR count). The zero-order valence-corrected chi connectivity index (χ0v) is 15.9. The molecule has 0 spiro atoms. The molecule has 5 heteroatoms. The molecular formula is C21H24N4O. The van der Waals surface area contributed by atoms with Gasteiger partial charge in [-0.25, -0.2) is 15.0 Å². The van der Waals surface area contributed by atoms with Crippen molar-refractivity contribution in [3.05, 3.63) is 53.6 Å². The van der Waals surface area contributed by atoms with Crippen molar-refractivity contribution >= 4 is 16.8 Å². The quantitative estimate of drug-likeness (QED) is 0.714. The standard InChI is InChI=1S/C21H24N4O/c1-6-19-22-11-15(12-23-19)18-10-17(21(26)25(5)13(2)3)16-9-7-8-14(4)20(16)24-18/h7-13H,6H2,1-5H3. The van der Waals surface area contributed by atoms with Crippen molar-refractivity contribution in [2.75, 3.05) is 7.05 Å². The SMILES string of the molecule is CCc1ncc(-c2cc(C(=O)N(C)C(C)C)c3cccc(C)c3n2)cn1. The maximum Gasteiger partial charge on any atom is 0.254 e. The smallest absolute Gasteiger partial charge is 0.254 e. The highest BCUT2D eigenvalue weighted by molar-refractivity contribution is 6.07. The van der Waals surface area contributed by atoms with E-state index in [1.807, 2.05) is 59.0 Å². The molecule has 0 atom stereocenters. The topological polar surface area (TPSA) is 59.0 Å². The molecule has 0 aliphatic heterocycles. The molecule has 0 aliphatic carbocycles. The Labute approximate surface area is 154 Å². The third-order valence-electron chi connectivity index (χ3n) is 4.68. The molecule has 5 nitrogen and oxygen atoms in total. The predicted octanol–water partition coefficient (Wildman–Crippen LogP) is 4.04. The first-order chi connectivity index (χ1) is 12.4. The van der Waals surface area contributed by atoms with Crippen LogP contribution in [0.2, 0.25) is 0 Å². The van der Waals surface area contributed by atoms with Crippen LogP contribution in [0.5, 0.6) is 0 Å². The summed E-state index contributed by atoms with van der Waals surface area (Å²) in [7, 11) is 1.83. The van der Waals surface area contributed by atoms with Gasteiger partial charge in [0.1, 0.15) is 5.82 Å². The van der Waals surface area contributed by atoms with E-state index in [-0.39, 0.29) is 11.9 Å². The van der Waals surface area contributed by atoms with Gasteiger partial charge in [0.15, 0.2) is 0 Å². The van der Waals surface area contributed by atoms with Crippen molar-refractivity contribution in [1.82, 2.24) is 19.9 Å². The Morgan fingerprint density at radius 3 is 2.50 bits per heavy atom. The molecule has 1 amide bonds. The van der Waals surface area contributed by atoms with Crippen LogP contribution in [-0.4, -0.2) is 38.8 Å². The van der Waals surface area contributed by atoms with E-state index in [2.05, 4.69) is 9.97 Å². The Bertz CT molecular complexity index is 948. The van der Waals surface area contributed by atoms with E-state index >= 15 is 0 Å². The summed E-state index contributed by atoms with van der Waals surface area (Å²) in [6.45, 7) is 8.04. The number of para-hydroxylation sites is 1. The van der Waals surface area contributed by atoms with E-state index in [0.717, 1.165) is 40.0 Å². The minimum atomic E-state index is -0.00894. The van der Waals surface area contributed by atoms with Crippen LogP contribution in [0.4, 0.5) is 0 Å². The summed E-state index contributed by atoms with van der Waals surface area (Å²) < 4.78 is 0. The summed E-state index contributed by atoms with van der Waals surface area (Å²) >= 11 is 0. The number of amides is 1. The Kier molecular flexibility index (Phi) is 4.98. The van der Waals surface area contributed by atoms with Gasteiger partial charge in [0.05, 0.1) is 16.8 Å². The van der Waals surface area contributed by atoms with Crippen LogP contribution < -0.4 is 0 Å². The Hall–Kier alpha value is -2.82. The maximum atomic E-state index is 13.1. The molecule has 134 valence electrons. The first-order valence-electron chi connectivity index (χ1n) is 8.91. The predicted molar refractivity (Wildman–Crippen MR) is 104 cm³/mol. The van der Waals surface area contributed by atoms with E-state index in [4.69, 9.17) is 4.98 Å². The molecule has 0 unspecified atom stereocenters. The minimum Gasteiger partial charge on any atom is -0.339 e. The van der Waals surface area contributed by atoms with Gasteiger partial charge in [0.2, 0.25) is 0 Å². The van der Waals surface area contributed by atoms with Gasteiger partial charge in [0.25, 0.3) is 5.91 Å².